The van der Waals surface area contributed by atoms with Crippen molar-refractivity contribution in [1.82, 2.24) is 0 Å². The summed E-state index contributed by atoms with van der Waals surface area (Å²) in [6, 6.07) is 3.25. The van der Waals surface area contributed by atoms with Crippen molar-refractivity contribution in [2.24, 2.45) is 0 Å². The van der Waals surface area contributed by atoms with Gasteiger partial charge in [0.25, 0.3) is 0 Å². The fourth-order valence-corrected chi connectivity index (χ4v) is 1.62. The van der Waals surface area contributed by atoms with Crippen LogP contribution in [-0.2, 0) is 5.88 Å². The van der Waals surface area contributed by atoms with Gasteiger partial charge in [0.1, 0.15) is 5.75 Å². The molecule has 1 aromatic carbocycles. The monoisotopic (exact) mass is 214 g/mol. The number of benzene rings is 1. The first-order valence-corrected chi connectivity index (χ1v) is 4.60. The van der Waals surface area contributed by atoms with E-state index in [4.69, 9.17) is 21.4 Å². The Kier molecular flexibility index (Phi) is 3.36. The first-order valence-electron chi connectivity index (χ1n) is 4.07. The lowest BCUT2D eigenvalue weighted by Crippen LogP contribution is -2.04. The van der Waals surface area contributed by atoms with Crippen molar-refractivity contribution < 1.29 is 14.6 Å². The Morgan fingerprint density at radius 3 is 2.64 bits per heavy atom. The Labute approximate surface area is 87.3 Å². The molecule has 0 aliphatic carbocycles. The van der Waals surface area contributed by atoms with Crippen LogP contribution in [0, 0.1) is 6.92 Å². The first-order chi connectivity index (χ1) is 6.60. The molecule has 3 nitrogen and oxygen atoms in total. The molecule has 76 valence electrons. The highest BCUT2D eigenvalue weighted by molar-refractivity contribution is 6.17. The summed E-state index contributed by atoms with van der Waals surface area (Å²) in [5, 5.41) is 8.93. The van der Waals surface area contributed by atoms with Gasteiger partial charge in [-0.3, -0.25) is 0 Å². The summed E-state index contributed by atoms with van der Waals surface area (Å²) in [5.41, 5.74) is 1.67. The van der Waals surface area contributed by atoms with E-state index in [0.717, 1.165) is 5.56 Å². The number of carboxylic acid groups (broad SMARTS) is 1. The summed E-state index contributed by atoms with van der Waals surface area (Å²) in [5.74, 6) is -0.256. The van der Waals surface area contributed by atoms with Crippen LogP contribution in [0.1, 0.15) is 21.5 Å². The Morgan fingerprint density at radius 1 is 1.57 bits per heavy atom. The van der Waals surface area contributed by atoms with Gasteiger partial charge in [-0.15, -0.1) is 11.6 Å². The largest absolute Gasteiger partial charge is 0.497 e. The molecular weight excluding hydrogens is 204 g/mol. The van der Waals surface area contributed by atoms with Gasteiger partial charge in [-0.05, 0) is 30.2 Å². The average Bonchev–Trinajstić information content (AvgIpc) is 2.16. The quantitative estimate of drug-likeness (QED) is 0.787. The Morgan fingerprint density at radius 2 is 2.21 bits per heavy atom. The maximum absolute atomic E-state index is 10.9. The predicted molar refractivity (Wildman–Crippen MR) is 54.2 cm³/mol. The number of hydrogen-bond acceptors (Lipinski definition) is 2. The molecule has 0 aromatic heterocycles. The second-order valence-corrected chi connectivity index (χ2v) is 3.18. The van der Waals surface area contributed by atoms with Crippen LogP contribution in [0.3, 0.4) is 0 Å². The van der Waals surface area contributed by atoms with Crippen molar-refractivity contribution in [2.75, 3.05) is 7.11 Å². The van der Waals surface area contributed by atoms with Gasteiger partial charge in [-0.25, -0.2) is 4.79 Å². The minimum Gasteiger partial charge on any atom is -0.497 e. The first kappa shape index (κ1) is 10.9. The predicted octanol–water partition coefficient (Wildman–Crippen LogP) is 2.44. The van der Waals surface area contributed by atoms with E-state index in [1.165, 1.54) is 13.2 Å². The third kappa shape index (κ3) is 1.99. The molecule has 4 heteroatoms. The molecule has 0 bridgehead atoms. The zero-order valence-electron chi connectivity index (χ0n) is 8.00. The van der Waals surface area contributed by atoms with E-state index in [0.29, 0.717) is 11.3 Å². The zero-order chi connectivity index (χ0) is 10.7. The lowest BCUT2D eigenvalue weighted by molar-refractivity contribution is 0.0695. The van der Waals surface area contributed by atoms with Crippen molar-refractivity contribution >= 4 is 17.6 Å². The Bertz CT molecular complexity index is 361. The number of hydrogen-bond donors (Lipinski definition) is 1. The highest BCUT2D eigenvalue weighted by atomic mass is 35.5. The smallest absolute Gasteiger partial charge is 0.336 e. The number of alkyl halides is 1. The minimum absolute atomic E-state index is 0.192. The second-order valence-electron chi connectivity index (χ2n) is 2.91. The molecule has 0 aliphatic rings. The highest BCUT2D eigenvalue weighted by Gasteiger charge is 2.13. The zero-order valence-corrected chi connectivity index (χ0v) is 8.76. The van der Waals surface area contributed by atoms with Crippen LogP contribution in [-0.4, -0.2) is 18.2 Å². The minimum atomic E-state index is -0.984. The van der Waals surface area contributed by atoms with Crippen LogP contribution in [0.15, 0.2) is 12.1 Å². The summed E-state index contributed by atoms with van der Waals surface area (Å²) in [4.78, 5) is 10.9. The molecule has 0 atom stereocenters. The molecule has 0 aliphatic heterocycles. The summed E-state index contributed by atoms with van der Waals surface area (Å²) in [7, 11) is 1.50. The van der Waals surface area contributed by atoms with E-state index in [-0.39, 0.29) is 11.4 Å². The molecule has 0 saturated heterocycles. The number of aryl methyl sites for hydroxylation is 1. The lowest BCUT2D eigenvalue weighted by Gasteiger charge is -2.09. The van der Waals surface area contributed by atoms with Gasteiger partial charge >= 0.3 is 5.97 Å². The number of carbonyl (C=O) groups is 1. The van der Waals surface area contributed by atoms with Gasteiger partial charge in [0.15, 0.2) is 0 Å². The second kappa shape index (κ2) is 4.33. The molecule has 1 aromatic rings. The standard InChI is InChI=1S/C10H11ClO3/c1-6-3-7(14-2)4-8(10(12)13)9(6)5-11/h3-4H,5H2,1-2H3,(H,12,13). The molecule has 0 saturated carbocycles. The normalized spacial score (nSPS) is 9.93. The number of halogens is 1. The van der Waals surface area contributed by atoms with Gasteiger partial charge in [-0.1, -0.05) is 0 Å². The van der Waals surface area contributed by atoms with Crippen molar-refractivity contribution in [1.29, 1.82) is 0 Å². The number of carboxylic acids is 1. The van der Waals surface area contributed by atoms with Crippen LogP contribution in [0.4, 0.5) is 0 Å². The van der Waals surface area contributed by atoms with Crippen LogP contribution in [0.2, 0.25) is 0 Å². The van der Waals surface area contributed by atoms with E-state index in [1.54, 1.807) is 6.07 Å². The summed E-state index contributed by atoms with van der Waals surface area (Å²) in [6.45, 7) is 1.81. The highest BCUT2D eigenvalue weighted by Crippen LogP contribution is 2.23. The van der Waals surface area contributed by atoms with E-state index in [9.17, 15) is 4.79 Å². The third-order valence-corrected chi connectivity index (χ3v) is 2.31. The maximum Gasteiger partial charge on any atom is 0.336 e. The molecule has 14 heavy (non-hydrogen) atoms. The van der Waals surface area contributed by atoms with Crippen molar-refractivity contribution in [2.45, 2.75) is 12.8 Å². The summed E-state index contributed by atoms with van der Waals surface area (Å²) in [6.07, 6.45) is 0. The Balaban J connectivity index is 3.35. The SMILES string of the molecule is COc1cc(C)c(CCl)c(C(=O)O)c1. The fraction of sp³-hybridized carbons (Fsp3) is 0.300. The topological polar surface area (TPSA) is 46.5 Å². The molecular formula is C10H11ClO3. The molecule has 0 heterocycles. The number of methoxy groups -OCH3 is 1. The van der Waals surface area contributed by atoms with Gasteiger partial charge in [0.05, 0.1) is 12.7 Å². The van der Waals surface area contributed by atoms with Crippen molar-refractivity contribution in [3.05, 3.63) is 28.8 Å². The van der Waals surface area contributed by atoms with Gasteiger partial charge in [0, 0.05) is 5.88 Å². The van der Waals surface area contributed by atoms with E-state index < -0.39 is 5.97 Å². The number of aromatic carboxylic acids is 1. The number of rotatable bonds is 3. The summed E-state index contributed by atoms with van der Waals surface area (Å²) < 4.78 is 4.98. The van der Waals surface area contributed by atoms with E-state index >= 15 is 0 Å². The van der Waals surface area contributed by atoms with Crippen LogP contribution < -0.4 is 4.74 Å². The van der Waals surface area contributed by atoms with E-state index in [2.05, 4.69) is 0 Å². The lowest BCUT2D eigenvalue weighted by atomic mass is 10.0. The molecule has 0 fully saturated rings. The molecule has 0 spiro atoms. The molecule has 0 unspecified atom stereocenters. The van der Waals surface area contributed by atoms with Gasteiger partial charge in [0.2, 0.25) is 0 Å². The fourth-order valence-electron chi connectivity index (χ4n) is 1.27. The maximum atomic E-state index is 10.9. The summed E-state index contributed by atoms with van der Waals surface area (Å²) >= 11 is 5.67. The van der Waals surface area contributed by atoms with Crippen LogP contribution >= 0.6 is 11.6 Å². The number of ether oxygens (including phenoxy) is 1. The molecule has 1 N–H and O–H groups in total. The molecule has 1 rings (SSSR count). The van der Waals surface area contributed by atoms with Crippen LogP contribution in [0.25, 0.3) is 0 Å². The third-order valence-electron chi connectivity index (χ3n) is 2.05. The van der Waals surface area contributed by atoms with Gasteiger partial charge in [-0.2, -0.15) is 0 Å². The van der Waals surface area contributed by atoms with Crippen LogP contribution in [0.5, 0.6) is 5.75 Å². The van der Waals surface area contributed by atoms with Crippen molar-refractivity contribution in [3.8, 4) is 5.75 Å². The van der Waals surface area contributed by atoms with Crippen molar-refractivity contribution in [3.63, 3.8) is 0 Å². The van der Waals surface area contributed by atoms with E-state index in [1.807, 2.05) is 6.92 Å². The molecule has 0 radical (unpaired) electrons. The average molecular weight is 215 g/mol. The Hall–Kier alpha value is -1.22. The molecule has 0 amide bonds. The van der Waals surface area contributed by atoms with Gasteiger partial charge < -0.3 is 9.84 Å².